The highest BCUT2D eigenvalue weighted by Crippen LogP contribution is 2.50. The molecular formula is C39H45N3O5S. The first-order valence-electron chi connectivity index (χ1n) is 16.1. The van der Waals surface area contributed by atoms with Crippen molar-refractivity contribution < 1.29 is 24.5 Å². The van der Waals surface area contributed by atoms with Crippen LogP contribution in [0.25, 0.3) is 22.3 Å². The molecule has 0 bridgehead atoms. The third-order valence-electron chi connectivity index (χ3n) is 8.50. The molecular weight excluding hydrogens is 623 g/mol. The van der Waals surface area contributed by atoms with Gasteiger partial charge in [-0.05, 0) is 111 Å². The standard InChI is InChI=1S/C35H35N3O4S.C4H10O/c1-20-6-8-23(9-7-20)32-22(3)33-27-12-11-26(36-35(41)24-10-13-29-30(17-24)42-15-14-37(29)4)16-25(27)19-38(43-5)34(33)21(2)28(32)18-31(39)40;1-4(2,3)5/h6-13,16-17H,14-15,18-19H2,1-5H3,(H,36,41)(H,39,40);5H,1-3H3. The van der Waals surface area contributed by atoms with Crippen molar-refractivity contribution >= 4 is 40.9 Å². The zero-order valence-electron chi connectivity index (χ0n) is 29.0. The van der Waals surface area contributed by atoms with Gasteiger partial charge in [-0.3, -0.25) is 9.59 Å². The topological polar surface area (TPSA) is 102 Å². The number of amides is 1. The predicted molar refractivity (Wildman–Crippen MR) is 198 cm³/mol. The first kappa shape index (κ1) is 34.9. The molecule has 0 saturated heterocycles. The average molecular weight is 668 g/mol. The van der Waals surface area contributed by atoms with Gasteiger partial charge in [0.2, 0.25) is 0 Å². The highest BCUT2D eigenvalue weighted by atomic mass is 32.2. The third kappa shape index (κ3) is 7.48. The van der Waals surface area contributed by atoms with Crippen LogP contribution in [0.3, 0.4) is 0 Å². The predicted octanol–water partition coefficient (Wildman–Crippen LogP) is 8.03. The van der Waals surface area contributed by atoms with Crippen molar-refractivity contribution in [2.24, 2.45) is 0 Å². The molecule has 0 radical (unpaired) electrons. The van der Waals surface area contributed by atoms with Gasteiger partial charge in [-0.1, -0.05) is 47.8 Å². The number of rotatable bonds is 6. The first-order chi connectivity index (χ1) is 22.7. The summed E-state index contributed by atoms with van der Waals surface area (Å²) in [6, 6.07) is 19.9. The normalized spacial score (nSPS) is 13.4. The third-order valence-corrected chi connectivity index (χ3v) is 9.25. The van der Waals surface area contributed by atoms with Gasteiger partial charge in [0.25, 0.3) is 5.91 Å². The Morgan fingerprint density at radius 1 is 0.958 bits per heavy atom. The number of ether oxygens (including phenoxy) is 1. The number of carbonyl (C=O) groups is 2. The fourth-order valence-electron chi connectivity index (χ4n) is 6.31. The lowest BCUT2D eigenvalue weighted by Gasteiger charge is -2.36. The second kappa shape index (κ2) is 13.9. The van der Waals surface area contributed by atoms with Crippen LogP contribution in [0.2, 0.25) is 0 Å². The Morgan fingerprint density at radius 2 is 1.65 bits per heavy atom. The van der Waals surface area contributed by atoms with Gasteiger partial charge < -0.3 is 29.5 Å². The number of carbonyl (C=O) groups excluding carboxylic acids is 1. The fraction of sp³-hybridized carbons (Fsp3) is 0.333. The number of aryl methyl sites for hydroxylation is 1. The monoisotopic (exact) mass is 667 g/mol. The maximum absolute atomic E-state index is 13.3. The molecule has 2 aliphatic heterocycles. The number of anilines is 3. The van der Waals surface area contributed by atoms with Crippen LogP contribution in [0, 0.1) is 20.8 Å². The summed E-state index contributed by atoms with van der Waals surface area (Å²) >= 11 is 1.62. The quantitative estimate of drug-likeness (QED) is 0.178. The van der Waals surface area contributed by atoms with Gasteiger partial charge in [0, 0.05) is 30.1 Å². The molecule has 8 nitrogen and oxygen atoms in total. The van der Waals surface area contributed by atoms with E-state index in [2.05, 4.69) is 51.8 Å². The van der Waals surface area contributed by atoms with E-state index in [0.29, 0.717) is 18.7 Å². The summed E-state index contributed by atoms with van der Waals surface area (Å²) in [6.45, 7) is 13.4. The average Bonchev–Trinajstić information content (AvgIpc) is 3.02. The maximum Gasteiger partial charge on any atom is 0.307 e. The Balaban J connectivity index is 0.000000840. The number of hydrogen-bond donors (Lipinski definition) is 3. The van der Waals surface area contributed by atoms with E-state index in [1.807, 2.05) is 51.4 Å². The molecule has 2 aliphatic rings. The lowest BCUT2D eigenvalue weighted by atomic mass is 9.81. The second-order valence-electron chi connectivity index (χ2n) is 13.4. The highest BCUT2D eigenvalue weighted by molar-refractivity contribution is 7.99. The smallest absolute Gasteiger partial charge is 0.307 e. The minimum atomic E-state index is -0.847. The van der Waals surface area contributed by atoms with Crippen molar-refractivity contribution in [1.29, 1.82) is 0 Å². The van der Waals surface area contributed by atoms with Crippen LogP contribution < -0.4 is 19.3 Å². The SMILES string of the molecule is CC(C)(C)O.CSN1Cc2cc(NC(=O)c3ccc4c(c3)OCCN4C)ccc2-c2c(C)c(-c3ccc(C)cc3)c(CC(=O)O)c(C)c21. The maximum atomic E-state index is 13.3. The molecule has 0 aromatic heterocycles. The van der Waals surface area contributed by atoms with E-state index in [0.717, 1.165) is 79.4 Å². The minimum absolute atomic E-state index is 0.0484. The molecule has 0 fully saturated rings. The van der Waals surface area contributed by atoms with Crippen molar-refractivity contribution in [3.8, 4) is 28.0 Å². The molecule has 4 aromatic carbocycles. The number of hydrogen-bond acceptors (Lipinski definition) is 7. The van der Waals surface area contributed by atoms with Crippen molar-refractivity contribution in [3.63, 3.8) is 0 Å². The van der Waals surface area contributed by atoms with Crippen LogP contribution in [0.5, 0.6) is 5.75 Å². The van der Waals surface area contributed by atoms with Crippen LogP contribution in [0.4, 0.5) is 17.1 Å². The highest BCUT2D eigenvalue weighted by Gasteiger charge is 2.30. The molecule has 4 aromatic rings. The summed E-state index contributed by atoms with van der Waals surface area (Å²) in [5, 5.41) is 21.5. The first-order valence-corrected chi connectivity index (χ1v) is 17.3. The van der Waals surface area contributed by atoms with Crippen LogP contribution in [0.1, 0.15) is 58.9 Å². The number of likely N-dealkylation sites (N-methyl/N-ethyl adjacent to an activating group) is 1. The number of carboxylic acids is 1. The van der Waals surface area contributed by atoms with Crippen LogP contribution in [-0.2, 0) is 17.8 Å². The molecule has 252 valence electrons. The van der Waals surface area contributed by atoms with Gasteiger partial charge in [0.1, 0.15) is 12.4 Å². The van der Waals surface area contributed by atoms with E-state index in [1.165, 1.54) is 0 Å². The Morgan fingerprint density at radius 3 is 2.29 bits per heavy atom. The van der Waals surface area contributed by atoms with Crippen LogP contribution >= 0.6 is 11.9 Å². The van der Waals surface area contributed by atoms with E-state index in [1.54, 1.807) is 38.8 Å². The molecule has 3 N–H and O–H groups in total. The zero-order chi connectivity index (χ0) is 34.9. The number of aliphatic hydroxyl groups is 1. The Hall–Kier alpha value is -4.47. The Labute approximate surface area is 287 Å². The van der Waals surface area contributed by atoms with Gasteiger partial charge in [0.15, 0.2) is 0 Å². The van der Waals surface area contributed by atoms with Crippen LogP contribution in [0.15, 0.2) is 60.7 Å². The molecule has 0 unspecified atom stereocenters. The van der Waals surface area contributed by atoms with Crippen molar-refractivity contribution in [1.82, 2.24) is 0 Å². The van der Waals surface area contributed by atoms with E-state index in [9.17, 15) is 14.7 Å². The number of nitrogens with zero attached hydrogens (tertiary/aromatic N) is 2. The van der Waals surface area contributed by atoms with E-state index < -0.39 is 11.6 Å². The minimum Gasteiger partial charge on any atom is -0.490 e. The number of fused-ring (bicyclic) bond motifs is 4. The summed E-state index contributed by atoms with van der Waals surface area (Å²) < 4.78 is 8.03. The molecule has 1 amide bonds. The number of carboxylic acid groups (broad SMARTS) is 1. The summed E-state index contributed by atoms with van der Waals surface area (Å²) in [5.74, 6) is -0.318. The van der Waals surface area contributed by atoms with Crippen molar-refractivity contribution in [3.05, 3.63) is 94.0 Å². The lowest BCUT2D eigenvalue weighted by molar-refractivity contribution is -0.136. The van der Waals surface area contributed by atoms with E-state index in [4.69, 9.17) is 9.84 Å². The molecule has 9 heteroatoms. The van der Waals surface area contributed by atoms with E-state index in [-0.39, 0.29) is 12.3 Å². The summed E-state index contributed by atoms with van der Waals surface area (Å²) in [4.78, 5) is 27.4. The van der Waals surface area contributed by atoms with Gasteiger partial charge in [-0.25, -0.2) is 0 Å². The zero-order valence-corrected chi connectivity index (χ0v) is 29.8. The summed E-state index contributed by atoms with van der Waals surface area (Å²) in [5.41, 5.74) is 12.1. The van der Waals surface area contributed by atoms with Crippen molar-refractivity contribution in [2.45, 2.75) is 60.1 Å². The Bertz CT molecular complexity index is 1860. The Kier molecular flexibility index (Phi) is 10.1. The summed E-state index contributed by atoms with van der Waals surface area (Å²) in [7, 11) is 2.02. The molecule has 6 rings (SSSR count). The lowest BCUT2D eigenvalue weighted by Crippen LogP contribution is -2.29. The molecule has 48 heavy (non-hydrogen) atoms. The van der Waals surface area contributed by atoms with Crippen molar-refractivity contribution in [2.75, 3.05) is 41.0 Å². The van der Waals surface area contributed by atoms with Gasteiger partial charge >= 0.3 is 5.97 Å². The second-order valence-corrected chi connectivity index (χ2v) is 14.2. The van der Waals surface area contributed by atoms with Crippen LogP contribution in [-0.4, -0.2) is 54.1 Å². The van der Waals surface area contributed by atoms with Gasteiger partial charge in [-0.2, -0.15) is 0 Å². The van der Waals surface area contributed by atoms with E-state index >= 15 is 0 Å². The molecule has 0 saturated carbocycles. The molecule has 0 atom stereocenters. The number of aliphatic carboxylic acids is 1. The molecule has 2 heterocycles. The molecule has 0 aliphatic carbocycles. The van der Waals surface area contributed by atoms with Gasteiger partial charge in [-0.15, -0.1) is 0 Å². The fourth-order valence-corrected chi connectivity index (χ4v) is 6.99. The number of nitrogens with one attached hydrogen (secondary N) is 1. The number of benzene rings is 4. The summed E-state index contributed by atoms with van der Waals surface area (Å²) in [6.07, 6.45) is 1.99. The van der Waals surface area contributed by atoms with Gasteiger partial charge in [0.05, 0.1) is 36.5 Å². The largest absolute Gasteiger partial charge is 0.490 e. The molecule has 0 spiro atoms.